The van der Waals surface area contributed by atoms with Gasteiger partial charge in [0.1, 0.15) is 5.56 Å². The van der Waals surface area contributed by atoms with E-state index >= 15 is 0 Å². The molecular formula is C14H17F3N2O2. The van der Waals surface area contributed by atoms with E-state index in [4.69, 9.17) is 0 Å². The topological polar surface area (TPSA) is 62.0 Å². The summed E-state index contributed by atoms with van der Waals surface area (Å²) in [4.78, 5) is 26.1. The van der Waals surface area contributed by atoms with E-state index in [0.717, 1.165) is 0 Å². The van der Waals surface area contributed by atoms with Gasteiger partial charge in [0.05, 0.1) is 5.92 Å². The van der Waals surface area contributed by atoms with Gasteiger partial charge in [-0.15, -0.1) is 0 Å². The predicted molar refractivity (Wildman–Crippen MR) is 71.1 cm³/mol. The Balaban J connectivity index is 2.04. The number of carbonyl (C=O) groups excluding carboxylic acids is 1. The monoisotopic (exact) mass is 302 g/mol. The molecule has 7 heteroatoms. The second-order valence-electron chi connectivity index (χ2n) is 5.46. The van der Waals surface area contributed by atoms with E-state index < -0.39 is 29.6 Å². The minimum atomic E-state index is -4.23. The first-order chi connectivity index (χ1) is 9.77. The van der Waals surface area contributed by atoms with E-state index in [-0.39, 0.29) is 18.4 Å². The number of aromatic amines is 1. The smallest absolute Gasteiger partial charge is 0.349 e. The highest BCUT2D eigenvalue weighted by Crippen LogP contribution is 2.37. The molecule has 2 atom stereocenters. The Morgan fingerprint density at radius 1 is 1.33 bits per heavy atom. The van der Waals surface area contributed by atoms with E-state index in [1.54, 1.807) is 13.0 Å². The Bertz CT molecular complexity index is 580. The maximum Gasteiger partial charge on any atom is 0.391 e. The third-order valence-corrected chi connectivity index (χ3v) is 3.77. The highest BCUT2D eigenvalue weighted by Gasteiger charge is 2.42. The van der Waals surface area contributed by atoms with Gasteiger partial charge >= 0.3 is 6.18 Å². The van der Waals surface area contributed by atoms with Crippen molar-refractivity contribution in [2.45, 2.75) is 44.8 Å². The Labute approximate surface area is 119 Å². The predicted octanol–water partition coefficient (Wildman–Crippen LogP) is 2.53. The molecule has 0 aliphatic heterocycles. The van der Waals surface area contributed by atoms with Gasteiger partial charge in [-0.3, -0.25) is 9.59 Å². The lowest BCUT2D eigenvalue weighted by molar-refractivity contribution is -0.183. The van der Waals surface area contributed by atoms with Crippen molar-refractivity contribution in [3.63, 3.8) is 0 Å². The van der Waals surface area contributed by atoms with Gasteiger partial charge in [0.2, 0.25) is 0 Å². The van der Waals surface area contributed by atoms with Crippen LogP contribution in [0.5, 0.6) is 0 Å². The Morgan fingerprint density at radius 2 is 2.05 bits per heavy atom. The number of aryl methyl sites for hydroxylation is 1. The number of hydrogen-bond donors (Lipinski definition) is 2. The Kier molecular flexibility index (Phi) is 4.39. The molecular weight excluding hydrogens is 285 g/mol. The highest BCUT2D eigenvalue weighted by molar-refractivity contribution is 5.93. The molecule has 1 aliphatic rings. The lowest BCUT2D eigenvalue weighted by Gasteiger charge is -2.30. The molecule has 2 rings (SSSR count). The van der Waals surface area contributed by atoms with Gasteiger partial charge in [-0.1, -0.05) is 6.42 Å². The Morgan fingerprint density at radius 3 is 2.67 bits per heavy atom. The molecule has 1 saturated carbocycles. The average Bonchev–Trinajstić information content (AvgIpc) is 2.37. The van der Waals surface area contributed by atoms with Crippen molar-refractivity contribution >= 4 is 5.91 Å². The molecule has 0 aromatic carbocycles. The summed E-state index contributed by atoms with van der Waals surface area (Å²) < 4.78 is 38.1. The summed E-state index contributed by atoms with van der Waals surface area (Å²) >= 11 is 0. The van der Waals surface area contributed by atoms with Crippen molar-refractivity contribution in [3.8, 4) is 0 Å². The molecule has 1 amide bonds. The number of alkyl halides is 3. The first-order valence-corrected chi connectivity index (χ1v) is 6.85. The number of amides is 1. The van der Waals surface area contributed by atoms with Gasteiger partial charge in [-0.25, -0.2) is 0 Å². The molecule has 1 aliphatic carbocycles. The first kappa shape index (κ1) is 15.6. The van der Waals surface area contributed by atoms with Gasteiger partial charge < -0.3 is 10.3 Å². The van der Waals surface area contributed by atoms with Crippen molar-refractivity contribution in [1.82, 2.24) is 10.3 Å². The van der Waals surface area contributed by atoms with Crippen LogP contribution in [-0.4, -0.2) is 23.1 Å². The van der Waals surface area contributed by atoms with Crippen LogP contribution >= 0.6 is 0 Å². The molecule has 1 aromatic rings. The van der Waals surface area contributed by atoms with Crippen LogP contribution in [-0.2, 0) is 0 Å². The molecule has 0 radical (unpaired) electrons. The molecule has 0 bridgehead atoms. The zero-order valence-electron chi connectivity index (χ0n) is 11.6. The molecule has 2 N–H and O–H groups in total. The van der Waals surface area contributed by atoms with E-state index in [1.807, 2.05) is 0 Å². The van der Waals surface area contributed by atoms with E-state index in [1.165, 1.54) is 6.07 Å². The third kappa shape index (κ3) is 3.86. The molecule has 0 saturated heterocycles. The van der Waals surface area contributed by atoms with Crippen LogP contribution < -0.4 is 10.9 Å². The second-order valence-corrected chi connectivity index (χ2v) is 5.46. The standard InChI is InChI=1S/C14H17F3N2O2/c1-8-5-6-11(12(20)18-8)13(21)19-10-4-2-3-9(7-10)14(15,16)17/h5-6,9-10H,2-4,7H2,1H3,(H,18,20)(H,19,21)/t9-,10+/m1/s1. The van der Waals surface area contributed by atoms with Gasteiger partial charge in [0.25, 0.3) is 11.5 Å². The normalized spacial score (nSPS) is 22.9. The minimum absolute atomic E-state index is 0.0743. The minimum Gasteiger partial charge on any atom is -0.349 e. The SMILES string of the molecule is Cc1ccc(C(=O)N[C@H]2CCC[C@@H](C(F)(F)F)C2)c(=O)[nH]1. The lowest BCUT2D eigenvalue weighted by atomic mass is 9.85. The zero-order chi connectivity index (χ0) is 15.6. The summed E-state index contributed by atoms with van der Waals surface area (Å²) in [6.07, 6.45) is -3.34. The van der Waals surface area contributed by atoms with Gasteiger partial charge in [-0.05, 0) is 38.3 Å². The van der Waals surface area contributed by atoms with E-state index in [9.17, 15) is 22.8 Å². The quantitative estimate of drug-likeness (QED) is 0.882. The van der Waals surface area contributed by atoms with Gasteiger partial charge in [-0.2, -0.15) is 13.2 Å². The van der Waals surface area contributed by atoms with E-state index in [2.05, 4.69) is 10.3 Å². The Hall–Kier alpha value is -1.79. The highest BCUT2D eigenvalue weighted by atomic mass is 19.4. The molecule has 1 fully saturated rings. The van der Waals surface area contributed by atoms with Gasteiger partial charge in [0.15, 0.2) is 0 Å². The molecule has 116 valence electrons. The van der Waals surface area contributed by atoms with Crippen molar-refractivity contribution in [2.75, 3.05) is 0 Å². The van der Waals surface area contributed by atoms with Crippen LogP contribution in [0.4, 0.5) is 13.2 Å². The zero-order valence-corrected chi connectivity index (χ0v) is 11.6. The summed E-state index contributed by atoms with van der Waals surface area (Å²) in [7, 11) is 0. The van der Waals surface area contributed by atoms with E-state index in [0.29, 0.717) is 18.5 Å². The fourth-order valence-electron chi connectivity index (χ4n) is 2.63. The first-order valence-electron chi connectivity index (χ1n) is 6.85. The lowest BCUT2D eigenvalue weighted by Crippen LogP contribution is -2.42. The molecule has 1 aromatic heterocycles. The molecule has 21 heavy (non-hydrogen) atoms. The molecule has 0 unspecified atom stereocenters. The maximum absolute atomic E-state index is 12.7. The van der Waals surface area contributed by atoms with Crippen LogP contribution in [0, 0.1) is 12.8 Å². The van der Waals surface area contributed by atoms with Crippen LogP contribution in [0.3, 0.4) is 0 Å². The van der Waals surface area contributed by atoms with Crippen LogP contribution in [0.25, 0.3) is 0 Å². The molecule has 0 spiro atoms. The summed E-state index contributed by atoms with van der Waals surface area (Å²) in [6, 6.07) is 2.42. The van der Waals surface area contributed by atoms with Gasteiger partial charge in [0, 0.05) is 11.7 Å². The van der Waals surface area contributed by atoms with Crippen molar-refractivity contribution in [2.24, 2.45) is 5.92 Å². The number of hydrogen-bond acceptors (Lipinski definition) is 2. The van der Waals surface area contributed by atoms with Crippen molar-refractivity contribution < 1.29 is 18.0 Å². The average molecular weight is 302 g/mol. The number of halogens is 3. The summed E-state index contributed by atoms with van der Waals surface area (Å²) in [6.45, 7) is 1.68. The largest absolute Gasteiger partial charge is 0.391 e. The number of aromatic nitrogens is 1. The summed E-state index contributed by atoms with van der Waals surface area (Å²) in [5.74, 6) is -2.00. The van der Waals surface area contributed by atoms with Crippen molar-refractivity contribution in [3.05, 3.63) is 33.7 Å². The fourth-order valence-corrected chi connectivity index (χ4v) is 2.63. The van der Waals surface area contributed by atoms with Crippen LogP contribution in [0.1, 0.15) is 41.7 Å². The van der Waals surface area contributed by atoms with Crippen molar-refractivity contribution in [1.29, 1.82) is 0 Å². The maximum atomic E-state index is 12.7. The number of pyridine rings is 1. The second kappa shape index (κ2) is 5.91. The third-order valence-electron chi connectivity index (χ3n) is 3.77. The number of carbonyl (C=O) groups is 1. The van der Waals surface area contributed by atoms with Crippen LogP contribution in [0.15, 0.2) is 16.9 Å². The summed E-state index contributed by atoms with van der Waals surface area (Å²) in [5, 5.41) is 2.54. The molecule has 1 heterocycles. The summed E-state index contributed by atoms with van der Waals surface area (Å²) in [5.41, 5.74) is 0.0109. The molecule has 4 nitrogen and oxygen atoms in total. The number of rotatable bonds is 2. The number of H-pyrrole nitrogens is 1. The number of nitrogens with one attached hydrogen (secondary N) is 2. The fraction of sp³-hybridized carbons (Fsp3) is 0.571. The van der Waals surface area contributed by atoms with Crippen LogP contribution in [0.2, 0.25) is 0 Å².